The quantitative estimate of drug-likeness (QED) is 0.832. The molecule has 0 radical (unpaired) electrons. The Kier molecular flexibility index (Phi) is 5.13. The number of hydrogen-bond donors (Lipinski definition) is 0. The van der Waals surface area contributed by atoms with Gasteiger partial charge in [0, 0.05) is 39.3 Å². The van der Waals surface area contributed by atoms with Gasteiger partial charge in [0.1, 0.15) is 5.82 Å². The zero-order valence-electron chi connectivity index (χ0n) is 14.5. The van der Waals surface area contributed by atoms with Crippen LogP contribution in [0.4, 0.5) is 4.39 Å². The van der Waals surface area contributed by atoms with Gasteiger partial charge >= 0.3 is 0 Å². The van der Waals surface area contributed by atoms with Gasteiger partial charge in [-0.25, -0.2) is 4.39 Å². The molecule has 1 fully saturated rings. The van der Waals surface area contributed by atoms with Crippen molar-refractivity contribution < 1.29 is 18.4 Å². The van der Waals surface area contributed by atoms with Crippen molar-refractivity contribution in [2.75, 3.05) is 26.8 Å². The second kappa shape index (κ2) is 7.31. The molecule has 2 aromatic rings. The number of ether oxygens (including phenoxy) is 1. The van der Waals surface area contributed by atoms with Crippen LogP contribution in [-0.2, 0) is 14.9 Å². The van der Waals surface area contributed by atoms with Crippen LogP contribution in [0.15, 0.2) is 28.8 Å². The Morgan fingerprint density at radius 2 is 2.16 bits per heavy atom. The van der Waals surface area contributed by atoms with Gasteiger partial charge in [-0.05, 0) is 43.5 Å². The van der Waals surface area contributed by atoms with Gasteiger partial charge in [0.05, 0.1) is 5.41 Å². The Balaban J connectivity index is 1.91. The van der Waals surface area contributed by atoms with E-state index in [1.807, 2.05) is 4.90 Å². The maximum absolute atomic E-state index is 13.1. The van der Waals surface area contributed by atoms with Crippen molar-refractivity contribution >= 4 is 5.91 Å². The van der Waals surface area contributed by atoms with Crippen LogP contribution < -0.4 is 0 Å². The number of nitrogens with zero attached hydrogens (tertiary/aromatic N) is 3. The van der Waals surface area contributed by atoms with E-state index in [1.165, 1.54) is 12.1 Å². The lowest BCUT2D eigenvalue weighted by Gasteiger charge is -2.40. The first-order chi connectivity index (χ1) is 12.0. The van der Waals surface area contributed by atoms with E-state index >= 15 is 0 Å². The molecule has 0 saturated carbocycles. The Hall–Kier alpha value is -2.28. The highest BCUT2D eigenvalue weighted by atomic mass is 19.1. The molecule has 6 nitrogen and oxygen atoms in total. The standard InChI is InChI=1S/C18H22FN3O3/c1-13(23)22-10-3-8-18(12-22,9-11-24-2)17-20-16(25-21-17)14-4-6-15(19)7-5-14/h4-7H,3,8-12H2,1-2H3. The number of piperidine rings is 1. The summed E-state index contributed by atoms with van der Waals surface area (Å²) in [4.78, 5) is 18.2. The molecule has 1 aromatic heterocycles. The topological polar surface area (TPSA) is 68.5 Å². The predicted octanol–water partition coefficient (Wildman–Crippen LogP) is 2.79. The van der Waals surface area contributed by atoms with E-state index < -0.39 is 0 Å². The third kappa shape index (κ3) is 3.71. The second-order valence-electron chi connectivity index (χ2n) is 6.50. The Morgan fingerprint density at radius 3 is 2.84 bits per heavy atom. The zero-order valence-corrected chi connectivity index (χ0v) is 14.5. The van der Waals surface area contributed by atoms with Crippen LogP contribution in [0.1, 0.15) is 32.0 Å². The first kappa shape index (κ1) is 17.5. The molecule has 134 valence electrons. The molecule has 1 atom stereocenters. The minimum Gasteiger partial charge on any atom is -0.385 e. The van der Waals surface area contributed by atoms with Gasteiger partial charge in [-0.2, -0.15) is 4.98 Å². The van der Waals surface area contributed by atoms with E-state index in [4.69, 9.17) is 9.26 Å². The van der Waals surface area contributed by atoms with Gasteiger partial charge in [0.15, 0.2) is 5.82 Å². The summed E-state index contributed by atoms with van der Waals surface area (Å²) in [5.41, 5.74) is 0.281. The summed E-state index contributed by atoms with van der Waals surface area (Å²) in [6, 6.07) is 5.93. The summed E-state index contributed by atoms with van der Waals surface area (Å²) in [6.45, 7) is 3.42. The maximum atomic E-state index is 13.1. The van der Waals surface area contributed by atoms with Crippen LogP contribution in [0, 0.1) is 5.82 Å². The molecule has 1 saturated heterocycles. The number of halogens is 1. The summed E-state index contributed by atoms with van der Waals surface area (Å²) in [5, 5.41) is 4.18. The molecule has 0 aliphatic carbocycles. The van der Waals surface area contributed by atoms with Crippen LogP contribution in [0.25, 0.3) is 11.5 Å². The number of hydrogen-bond acceptors (Lipinski definition) is 5. The minimum atomic E-state index is -0.387. The number of rotatable bonds is 5. The van der Waals surface area contributed by atoms with Crippen LogP contribution in [0.3, 0.4) is 0 Å². The molecular weight excluding hydrogens is 325 g/mol. The molecule has 25 heavy (non-hydrogen) atoms. The fourth-order valence-electron chi connectivity index (χ4n) is 3.34. The number of carbonyl (C=O) groups excluding carboxylic acids is 1. The van der Waals surface area contributed by atoms with E-state index in [-0.39, 0.29) is 17.1 Å². The monoisotopic (exact) mass is 347 g/mol. The third-order valence-electron chi connectivity index (χ3n) is 4.80. The van der Waals surface area contributed by atoms with Crippen molar-refractivity contribution in [2.45, 2.75) is 31.6 Å². The Morgan fingerprint density at radius 1 is 1.40 bits per heavy atom. The number of benzene rings is 1. The zero-order chi connectivity index (χ0) is 17.9. The number of amides is 1. The first-order valence-electron chi connectivity index (χ1n) is 8.39. The van der Waals surface area contributed by atoms with Crippen LogP contribution >= 0.6 is 0 Å². The lowest BCUT2D eigenvalue weighted by Crippen LogP contribution is -2.49. The maximum Gasteiger partial charge on any atom is 0.257 e. The van der Waals surface area contributed by atoms with Crippen molar-refractivity contribution in [3.05, 3.63) is 35.9 Å². The summed E-state index contributed by atoms with van der Waals surface area (Å²) in [6.07, 6.45) is 2.45. The van der Waals surface area contributed by atoms with Gasteiger partial charge in [-0.1, -0.05) is 5.16 Å². The molecular formula is C18H22FN3O3. The predicted molar refractivity (Wildman–Crippen MR) is 89.4 cm³/mol. The molecule has 1 aliphatic heterocycles. The molecule has 0 spiro atoms. The number of carbonyl (C=O) groups is 1. The van der Waals surface area contributed by atoms with E-state index in [9.17, 15) is 9.18 Å². The van der Waals surface area contributed by atoms with Gasteiger partial charge in [0.25, 0.3) is 5.89 Å². The average Bonchev–Trinajstić information content (AvgIpc) is 3.11. The molecule has 1 unspecified atom stereocenters. The van der Waals surface area contributed by atoms with E-state index in [2.05, 4.69) is 10.1 Å². The van der Waals surface area contributed by atoms with Crippen molar-refractivity contribution in [2.24, 2.45) is 0 Å². The lowest BCUT2D eigenvalue weighted by molar-refractivity contribution is -0.131. The lowest BCUT2D eigenvalue weighted by atomic mass is 9.76. The van der Waals surface area contributed by atoms with Crippen LogP contribution in [0.5, 0.6) is 0 Å². The number of likely N-dealkylation sites (tertiary alicyclic amines) is 1. The first-order valence-corrected chi connectivity index (χ1v) is 8.39. The van der Waals surface area contributed by atoms with Crippen LogP contribution in [0.2, 0.25) is 0 Å². The van der Waals surface area contributed by atoms with Crippen molar-refractivity contribution in [1.29, 1.82) is 0 Å². The van der Waals surface area contributed by atoms with E-state index in [1.54, 1.807) is 26.2 Å². The SMILES string of the molecule is COCCC1(c2noc(-c3ccc(F)cc3)n2)CCCN(C(C)=O)C1. The van der Waals surface area contributed by atoms with E-state index in [0.29, 0.717) is 36.9 Å². The fraction of sp³-hybridized carbons (Fsp3) is 0.500. The number of aromatic nitrogens is 2. The van der Waals surface area contributed by atoms with E-state index in [0.717, 1.165) is 19.4 Å². The second-order valence-corrected chi connectivity index (χ2v) is 6.50. The molecule has 7 heteroatoms. The molecule has 2 heterocycles. The normalized spacial score (nSPS) is 20.7. The van der Waals surface area contributed by atoms with Gasteiger partial charge in [0.2, 0.25) is 5.91 Å². The molecule has 1 aliphatic rings. The summed E-state index contributed by atoms with van der Waals surface area (Å²) >= 11 is 0. The Bertz CT molecular complexity index is 731. The average molecular weight is 347 g/mol. The highest BCUT2D eigenvalue weighted by Crippen LogP contribution is 2.36. The van der Waals surface area contributed by atoms with Crippen molar-refractivity contribution in [3.8, 4) is 11.5 Å². The van der Waals surface area contributed by atoms with Crippen molar-refractivity contribution in [3.63, 3.8) is 0 Å². The number of methoxy groups -OCH3 is 1. The summed E-state index contributed by atoms with van der Waals surface area (Å²) in [7, 11) is 1.65. The largest absolute Gasteiger partial charge is 0.385 e. The smallest absolute Gasteiger partial charge is 0.257 e. The highest BCUT2D eigenvalue weighted by Gasteiger charge is 2.41. The molecule has 0 bridgehead atoms. The molecule has 0 N–H and O–H groups in total. The van der Waals surface area contributed by atoms with Crippen molar-refractivity contribution in [1.82, 2.24) is 15.0 Å². The molecule has 1 amide bonds. The fourth-order valence-corrected chi connectivity index (χ4v) is 3.34. The highest BCUT2D eigenvalue weighted by molar-refractivity contribution is 5.73. The van der Waals surface area contributed by atoms with Crippen LogP contribution in [-0.4, -0.2) is 47.8 Å². The van der Waals surface area contributed by atoms with Gasteiger partial charge < -0.3 is 14.2 Å². The van der Waals surface area contributed by atoms with Gasteiger partial charge in [-0.3, -0.25) is 4.79 Å². The summed E-state index contributed by atoms with van der Waals surface area (Å²) in [5.74, 6) is 0.662. The minimum absolute atomic E-state index is 0.0451. The molecule has 3 rings (SSSR count). The summed E-state index contributed by atoms with van der Waals surface area (Å²) < 4.78 is 23.8. The van der Waals surface area contributed by atoms with Gasteiger partial charge in [-0.15, -0.1) is 0 Å². The molecule has 1 aromatic carbocycles. The third-order valence-corrected chi connectivity index (χ3v) is 4.80. The Labute approximate surface area is 146 Å².